The number of carbonyl (C=O) groups excluding carboxylic acids is 4. The van der Waals surface area contributed by atoms with Crippen molar-refractivity contribution in [1.82, 2.24) is 15.5 Å². The quantitative estimate of drug-likeness (QED) is 0.387. The molecular formula is C30H44N4O5. The Balaban J connectivity index is 2.63. The first-order valence-electron chi connectivity index (χ1n) is 13.7. The first kappa shape index (κ1) is 31.7. The topological polar surface area (TPSA) is 131 Å². The zero-order valence-electron chi connectivity index (χ0n) is 24.1. The number of ether oxygens (including phenoxy) is 1. The van der Waals surface area contributed by atoms with Gasteiger partial charge in [-0.3, -0.25) is 14.4 Å². The van der Waals surface area contributed by atoms with Gasteiger partial charge in [0, 0.05) is 17.1 Å². The van der Waals surface area contributed by atoms with Gasteiger partial charge >= 0.3 is 6.09 Å². The summed E-state index contributed by atoms with van der Waals surface area (Å²) in [4.78, 5) is 54.5. The van der Waals surface area contributed by atoms with Gasteiger partial charge in [0.15, 0.2) is 0 Å². The van der Waals surface area contributed by atoms with E-state index in [2.05, 4.69) is 16.6 Å². The van der Waals surface area contributed by atoms with Crippen molar-refractivity contribution in [2.24, 2.45) is 5.73 Å². The number of nitrogens with two attached hydrogens (primary N) is 1. The fourth-order valence-corrected chi connectivity index (χ4v) is 4.76. The molecule has 0 spiro atoms. The number of rotatable bonds is 10. The molecule has 0 heterocycles. The Labute approximate surface area is 232 Å². The second kappa shape index (κ2) is 13.5. The summed E-state index contributed by atoms with van der Waals surface area (Å²) in [5.41, 5.74) is 4.73. The molecule has 9 heteroatoms. The summed E-state index contributed by atoms with van der Waals surface area (Å²) in [7, 11) is 0. The minimum atomic E-state index is -1.36. The molecule has 0 aromatic heterocycles. The van der Waals surface area contributed by atoms with Crippen molar-refractivity contribution in [2.45, 2.75) is 116 Å². The van der Waals surface area contributed by atoms with Crippen molar-refractivity contribution in [3.8, 4) is 12.3 Å². The number of benzene rings is 1. The Kier molecular flexibility index (Phi) is 11.0. The second-order valence-electron chi connectivity index (χ2n) is 11.7. The number of carbonyl (C=O) groups is 4. The Morgan fingerprint density at radius 2 is 1.72 bits per heavy atom. The van der Waals surface area contributed by atoms with Gasteiger partial charge in [-0.15, -0.1) is 6.42 Å². The van der Waals surface area contributed by atoms with Crippen LogP contribution in [0.3, 0.4) is 0 Å². The third kappa shape index (κ3) is 9.02. The first-order chi connectivity index (χ1) is 18.2. The highest BCUT2D eigenvalue weighted by atomic mass is 16.6. The van der Waals surface area contributed by atoms with Crippen molar-refractivity contribution in [3.05, 3.63) is 35.4 Å². The van der Waals surface area contributed by atoms with Crippen LogP contribution >= 0.6 is 0 Å². The summed E-state index contributed by atoms with van der Waals surface area (Å²) in [6.07, 6.45) is 9.80. The normalized spacial score (nSPS) is 15.8. The summed E-state index contributed by atoms with van der Waals surface area (Å²) in [6, 6.07) is 4.50. The van der Waals surface area contributed by atoms with E-state index in [-0.39, 0.29) is 11.9 Å². The summed E-state index contributed by atoms with van der Waals surface area (Å²) in [5, 5.41) is 5.66. The number of primary amides is 1. The zero-order valence-corrected chi connectivity index (χ0v) is 24.1. The van der Waals surface area contributed by atoms with Crippen molar-refractivity contribution >= 4 is 23.8 Å². The van der Waals surface area contributed by atoms with Gasteiger partial charge in [-0.1, -0.05) is 50.3 Å². The van der Waals surface area contributed by atoms with Gasteiger partial charge in [0.2, 0.25) is 17.7 Å². The van der Waals surface area contributed by atoms with Crippen LogP contribution in [0.5, 0.6) is 0 Å². The Hall–Kier alpha value is -3.54. The highest BCUT2D eigenvalue weighted by Crippen LogP contribution is 2.34. The van der Waals surface area contributed by atoms with E-state index in [1.165, 1.54) is 4.90 Å². The average molecular weight is 541 g/mol. The number of nitrogens with one attached hydrogen (secondary N) is 2. The molecule has 0 saturated heterocycles. The van der Waals surface area contributed by atoms with E-state index in [4.69, 9.17) is 16.9 Å². The largest absolute Gasteiger partial charge is 0.444 e. The highest BCUT2D eigenvalue weighted by molar-refractivity contribution is 5.95. The molecule has 4 amide bonds. The van der Waals surface area contributed by atoms with Crippen LogP contribution < -0.4 is 16.4 Å². The molecule has 1 saturated carbocycles. The Morgan fingerprint density at radius 1 is 1.10 bits per heavy atom. The first-order valence-corrected chi connectivity index (χ1v) is 13.7. The molecule has 0 radical (unpaired) electrons. The predicted octanol–water partition coefficient (Wildman–Crippen LogP) is 3.94. The molecule has 2 atom stereocenters. The van der Waals surface area contributed by atoms with Crippen LogP contribution in [-0.2, 0) is 19.1 Å². The van der Waals surface area contributed by atoms with Gasteiger partial charge in [-0.25, -0.2) is 4.79 Å². The third-order valence-electron chi connectivity index (χ3n) is 7.02. The molecule has 1 aliphatic carbocycles. The van der Waals surface area contributed by atoms with Crippen LogP contribution in [0.4, 0.5) is 4.79 Å². The summed E-state index contributed by atoms with van der Waals surface area (Å²) >= 11 is 0. The Bertz CT molecular complexity index is 1080. The lowest BCUT2D eigenvalue weighted by molar-refractivity contribution is -0.150. The van der Waals surface area contributed by atoms with Gasteiger partial charge in [-0.05, 0) is 65.5 Å². The standard InChI is InChI=1S/C30H44N4O5/c1-8-20-15-13-14-18-22(20)25(26(36)32-21-16-11-10-12-17-21)34(30(6,7)9-2)27(37)23(19-24(31)35)33-28(38)39-29(3,4)5/h1,13-15,18,21,23,25H,9-12,16-17,19H2,2-7H3,(H2,31,35)(H,32,36)(H,33,38). The van der Waals surface area contributed by atoms with Crippen LogP contribution in [0, 0.1) is 12.3 Å². The lowest BCUT2D eigenvalue weighted by Gasteiger charge is -2.45. The molecule has 1 aromatic rings. The molecule has 214 valence electrons. The average Bonchev–Trinajstić information content (AvgIpc) is 2.85. The SMILES string of the molecule is C#Cc1ccccc1C(C(=O)NC1CCCCC1)N(C(=O)C(CC(N)=O)NC(=O)OC(C)(C)C)C(C)(C)CC. The van der Waals surface area contributed by atoms with E-state index in [0.29, 0.717) is 17.5 Å². The van der Waals surface area contributed by atoms with Crippen LogP contribution in [0.2, 0.25) is 0 Å². The Morgan fingerprint density at radius 3 is 2.26 bits per heavy atom. The molecule has 9 nitrogen and oxygen atoms in total. The van der Waals surface area contributed by atoms with Crippen molar-refractivity contribution in [1.29, 1.82) is 0 Å². The minimum Gasteiger partial charge on any atom is -0.444 e. The summed E-state index contributed by atoms with van der Waals surface area (Å²) < 4.78 is 5.34. The molecule has 2 rings (SSSR count). The van der Waals surface area contributed by atoms with Gasteiger partial charge < -0.3 is 26.0 Å². The number of alkyl carbamates (subject to hydrolysis) is 1. The van der Waals surface area contributed by atoms with E-state index >= 15 is 0 Å². The fraction of sp³-hybridized carbons (Fsp3) is 0.600. The third-order valence-corrected chi connectivity index (χ3v) is 7.02. The van der Waals surface area contributed by atoms with E-state index in [1.807, 2.05) is 20.8 Å². The number of hydrogen-bond donors (Lipinski definition) is 3. The predicted molar refractivity (Wildman–Crippen MR) is 150 cm³/mol. The van der Waals surface area contributed by atoms with Crippen LogP contribution in [0.1, 0.15) is 104 Å². The maximum absolute atomic E-state index is 14.3. The van der Waals surface area contributed by atoms with E-state index < -0.39 is 47.6 Å². The zero-order chi connectivity index (χ0) is 29.4. The van der Waals surface area contributed by atoms with E-state index in [0.717, 1.165) is 32.1 Å². The van der Waals surface area contributed by atoms with Gasteiger partial charge in [0.1, 0.15) is 17.7 Å². The lowest BCUT2D eigenvalue weighted by atomic mass is 9.89. The number of nitrogens with zero attached hydrogens (tertiary/aromatic N) is 1. The summed E-state index contributed by atoms with van der Waals surface area (Å²) in [5.74, 6) is 0.846. The van der Waals surface area contributed by atoms with E-state index in [1.54, 1.807) is 45.0 Å². The van der Waals surface area contributed by atoms with E-state index in [9.17, 15) is 19.2 Å². The maximum Gasteiger partial charge on any atom is 0.408 e. The molecule has 2 unspecified atom stereocenters. The molecule has 1 fully saturated rings. The van der Waals surface area contributed by atoms with Crippen LogP contribution in [0.15, 0.2) is 24.3 Å². The minimum absolute atomic E-state index is 0.0188. The van der Waals surface area contributed by atoms with Crippen molar-refractivity contribution in [2.75, 3.05) is 0 Å². The van der Waals surface area contributed by atoms with Gasteiger partial charge in [-0.2, -0.15) is 0 Å². The van der Waals surface area contributed by atoms with Crippen molar-refractivity contribution in [3.63, 3.8) is 0 Å². The molecule has 1 aromatic carbocycles. The van der Waals surface area contributed by atoms with Crippen molar-refractivity contribution < 1.29 is 23.9 Å². The molecule has 39 heavy (non-hydrogen) atoms. The maximum atomic E-state index is 14.3. The fourth-order valence-electron chi connectivity index (χ4n) is 4.76. The summed E-state index contributed by atoms with van der Waals surface area (Å²) in [6.45, 7) is 10.6. The molecule has 0 bridgehead atoms. The number of hydrogen-bond acceptors (Lipinski definition) is 5. The second-order valence-corrected chi connectivity index (χ2v) is 11.7. The van der Waals surface area contributed by atoms with Gasteiger partial charge in [0.05, 0.1) is 6.42 Å². The number of amides is 4. The molecule has 1 aliphatic rings. The monoisotopic (exact) mass is 540 g/mol. The smallest absolute Gasteiger partial charge is 0.408 e. The van der Waals surface area contributed by atoms with Crippen LogP contribution in [-0.4, -0.2) is 51.9 Å². The number of terminal acetylenes is 1. The molecule has 0 aliphatic heterocycles. The molecular weight excluding hydrogens is 496 g/mol. The lowest BCUT2D eigenvalue weighted by Crippen LogP contribution is -2.60. The van der Waals surface area contributed by atoms with Gasteiger partial charge in [0.25, 0.3) is 0 Å². The molecule has 4 N–H and O–H groups in total. The van der Waals surface area contributed by atoms with Crippen LogP contribution in [0.25, 0.3) is 0 Å². The highest BCUT2D eigenvalue weighted by Gasteiger charge is 2.44.